The van der Waals surface area contributed by atoms with Gasteiger partial charge in [-0.05, 0) is 37.2 Å². The smallest absolute Gasteiger partial charge is 0.258 e. The summed E-state index contributed by atoms with van der Waals surface area (Å²) in [6.07, 6.45) is 2.89. The van der Waals surface area contributed by atoms with Gasteiger partial charge in [-0.15, -0.1) is 0 Å². The van der Waals surface area contributed by atoms with Crippen LogP contribution < -0.4 is 10.3 Å². The first-order valence-electron chi connectivity index (χ1n) is 8.50. The van der Waals surface area contributed by atoms with Crippen molar-refractivity contribution in [2.75, 3.05) is 13.6 Å². The molecule has 5 nitrogen and oxygen atoms in total. The van der Waals surface area contributed by atoms with Gasteiger partial charge in [0.05, 0.1) is 5.69 Å². The molecule has 0 radical (unpaired) electrons. The number of hydrogen-bond acceptors (Lipinski definition) is 4. The van der Waals surface area contributed by atoms with Crippen molar-refractivity contribution in [1.29, 1.82) is 0 Å². The number of aromatic nitrogens is 2. The van der Waals surface area contributed by atoms with Crippen LogP contribution in [0.4, 0.5) is 0 Å². The predicted molar refractivity (Wildman–Crippen MR) is 97.1 cm³/mol. The van der Waals surface area contributed by atoms with Crippen LogP contribution in [0.25, 0.3) is 5.65 Å². The molecule has 1 aromatic carbocycles. The molecule has 0 saturated heterocycles. The highest BCUT2D eigenvalue weighted by atomic mass is 16.5. The summed E-state index contributed by atoms with van der Waals surface area (Å²) in [5.41, 5.74) is 3.73. The molecule has 5 heteroatoms. The van der Waals surface area contributed by atoms with Gasteiger partial charge >= 0.3 is 0 Å². The van der Waals surface area contributed by atoms with Gasteiger partial charge in [-0.1, -0.05) is 24.3 Å². The van der Waals surface area contributed by atoms with Crippen molar-refractivity contribution in [3.8, 4) is 5.75 Å². The number of likely N-dealkylation sites (N-methyl/N-ethyl adjacent to an activating group) is 1. The van der Waals surface area contributed by atoms with Gasteiger partial charge in [0.15, 0.2) is 0 Å². The highest BCUT2D eigenvalue weighted by Gasteiger charge is 2.23. The summed E-state index contributed by atoms with van der Waals surface area (Å²) in [5, 5.41) is 0. The minimum atomic E-state index is -0.0402. The molecule has 0 saturated carbocycles. The van der Waals surface area contributed by atoms with E-state index in [1.54, 1.807) is 10.5 Å². The highest BCUT2D eigenvalue weighted by molar-refractivity contribution is 5.40. The molecule has 128 valence electrons. The van der Waals surface area contributed by atoms with E-state index in [0.29, 0.717) is 12.2 Å². The van der Waals surface area contributed by atoms with Crippen LogP contribution in [0.2, 0.25) is 0 Å². The molecule has 0 bridgehead atoms. The number of pyridine rings is 1. The third-order valence-electron chi connectivity index (χ3n) is 4.52. The molecule has 1 aliphatic heterocycles. The third kappa shape index (κ3) is 3.28. The van der Waals surface area contributed by atoms with Crippen molar-refractivity contribution in [2.24, 2.45) is 0 Å². The standard InChI is InChI=1S/C20H21N3O2/c1-14-7-8-19-21-16(10-20(24)23(19)11-14)12-22(2)13-17-9-15-5-3-4-6-18(15)25-17/h3-8,10-11,17H,9,12-13H2,1-2H3. The quantitative estimate of drug-likeness (QED) is 0.735. The second kappa shape index (κ2) is 6.33. The van der Waals surface area contributed by atoms with Gasteiger partial charge in [-0.2, -0.15) is 0 Å². The summed E-state index contributed by atoms with van der Waals surface area (Å²) in [5.74, 6) is 0.985. The van der Waals surface area contributed by atoms with Gasteiger partial charge in [0.2, 0.25) is 0 Å². The number of benzene rings is 1. The summed E-state index contributed by atoms with van der Waals surface area (Å²) in [6.45, 7) is 3.38. The minimum absolute atomic E-state index is 0.0402. The maximum Gasteiger partial charge on any atom is 0.258 e. The van der Waals surface area contributed by atoms with Crippen LogP contribution in [0.1, 0.15) is 16.8 Å². The second-order valence-electron chi connectivity index (χ2n) is 6.77. The summed E-state index contributed by atoms with van der Waals surface area (Å²) in [7, 11) is 2.03. The lowest BCUT2D eigenvalue weighted by molar-refractivity contribution is 0.164. The van der Waals surface area contributed by atoms with Crippen molar-refractivity contribution in [2.45, 2.75) is 26.0 Å². The van der Waals surface area contributed by atoms with Crippen molar-refractivity contribution < 1.29 is 4.74 Å². The SMILES string of the molecule is Cc1ccc2nc(CN(C)CC3Cc4ccccc4O3)cc(=O)n2c1. The lowest BCUT2D eigenvalue weighted by atomic mass is 10.1. The van der Waals surface area contributed by atoms with E-state index in [-0.39, 0.29) is 11.7 Å². The first-order valence-corrected chi connectivity index (χ1v) is 8.50. The summed E-state index contributed by atoms with van der Waals surface area (Å²) >= 11 is 0. The Morgan fingerprint density at radius 1 is 1.28 bits per heavy atom. The van der Waals surface area contributed by atoms with E-state index < -0.39 is 0 Å². The summed E-state index contributed by atoms with van der Waals surface area (Å²) in [4.78, 5) is 19.1. The van der Waals surface area contributed by atoms with Crippen molar-refractivity contribution in [3.05, 3.63) is 75.8 Å². The fourth-order valence-corrected chi connectivity index (χ4v) is 3.38. The Kier molecular flexibility index (Phi) is 4.01. The Bertz CT molecular complexity index is 955. The van der Waals surface area contributed by atoms with Crippen LogP contribution in [0.15, 0.2) is 53.5 Å². The van der Waals surface area contributed by atoms with E-state index in [0.717, 1.165) is 30.0 Å². The fraction of sp³-hybridized carbons (Fsp3) is 0.300. The van der Waals surface area contributed by atoms with E-state index in [2.05, 4.69) is 16.0 Å². The monoisotopic (exact) mass is 335 g/mol. The lowest BCUT2D eigenvalue weighted by Gasteiger charge is -2.20. The molecular formula is C20H21N3O2. The fourth-order valence-electron chi connectivity index (χ4n) is 3.38. The number of hydrogen-bond donors (Lipinski definition) is 0. The third-order valence-corrected chi connectivity index (χ3v) is 4.52. The van der Waals surface area contributed by atoms with Crippen LogP contribution in [-0.4, -0.2) is 34.0 Å². The van der Waals surface area contributed by atoms with Gasteiger partial charge in [0.25, 0.3) is 5.56 Å². The van der Waals surface area contributed by atoms with Gasteiger partial charge in [0.1, 0.15) is 17.5 Å². The summed E-state index contributed by atoms with van der Waals surface area (Å²) in [6, 6.07) is 13.6. The first kappa shape index (κ1) is 15.8. The van der Waals surface area contributed by atoms with Crippen molar-refractivity contribution in [1.82, 2.24) is 14.3 Å². The maximum absolute atomic E-state index is 12.3. The molecule has 0 fully saturated rings. The molecule has 3 aromatic rings. The molecular weight excluding hydrogens is 314 g/mol. The highest BCUT2D eigenvalue weighted by Crippen LogP contribution is 2.28. The number of fused-ring (bicyclic) bond motifs is 2. The maximum atomic E-state index is 12.3. The van der Waals surface area contributed by atoms with Crippen molar-refractivity contribution in [3.63, 3.8) is 0 Å². The van der Waals surface area contributed by atoms with Crippen LogP contribution in [0.3, 0.4) is 0 Å². The normalized spacial score (nSPS) is 16.2. The van der Waals surface area contributed by atoms with Crippen LogP contribution in [0.5, 0.6) is 5.75 Å². The van der Waals surface area contributed by atoms with Gasteiger partial charge in [-0.3, -0.25) is 14.1 Å². The van der Waals surface area contributed by atoms with Crippen LogP contribution in [-0.2, 0) is 13.0 Å². The number of rotatable bonds is 4. The summed E-state index contributed by atoms with van der Waals surface area (Å²) < 4.78 is 7.59. The van der Waals surface area contributed by atoms with Gasteiger partial charge < -0.3 is 4.74 Å². The molecule has 4 rings (SSSR count). The lowest BCUT2D eigenvalue weighted by Crippen LogP contribution is -2.32. The zero-order valence-electron chi connectivity index (χ0n) is 14.5. The molecule has 0 N–H and O–H groups in total. The molecule has 3 heterocycles. The molecule has 2 aromatic heterocycles. The van der Waals surface area contributed by atoms with E-state index >= 15 is 0 Å². The number of aryl methyl sites for hydroxylation is 1. The van der Waals surface area contributed by atoms with E-state index in [1.807, 2.05) is 50.5 Å². The van der Waals surface area contributed by atoms with E-state index in [9.17, 15) is 4.79 Å². The average Bonchev–Trinajstić information content (AvgIpc) is 2.97. The molecule has 0 aliphatic carbocycles. The largest absolute Gasteiger partial charge is 0.488 e. The number of nitrogens with zero attached hydrogens (tertiary/aromatic N) is 3. The molecule has 0 spiro atoms. The Hall–Kier alpha value is -2.66. The van der Waals surface area contributed by atoms with E-state index in [4.69, 9.17) is 4.74 Å². The molecule has 1 atom stereocenters. The Morgan fingerprint density at radius 2 is 2.12 bits per heavy atom. The topological polar surface area (TPSA) is 46.8 Å². The Morgan fingerprint density at radius 3 is 2.96 bits per heavy atom. The van der Waals surface area contributed by atoms with E-state index in [1.165, 1.54) is 5.56 Å². The first-order chi connectivity index (χ1) is 12.1. The van der Waals surface area contributed by atoms with Crippen molar-refractivity contribution >= 4 is 5.65 Å². The van der Waals surface area contributed by atoms with Crippen LogP contribution >= 0.6 is 0 Å². The predicted octanol–water partition coefficient (Wildman–Crippen LogP) is 2.44. The Labute approximate surface area is 146 Å². The molecule has 1 aliphatic rings. The van der Waals surface area contributed by atoms with Crippen LogP contribution in [0, 0.1) is 6.92 Å². The molecule has 25 heavy (non-hydrogen) atoms. The zero-order chi connectivity index (χ0) is 17.4. The molecule has 1 unspecified atom stereocenters. The average molecular weight is 335 g/mol. The molecule has 0 amide bonds. The number of para-hydroxylation sites is 1. The minimum Gasteiger partial charge on any atom is -0.488 e. The van der Waals surface area contributed by atoms with Gasteiger partial charge in [0, 0.05) is 31.8 Å². The second-order valence-corrected chi connectivity index (χ2v) is 6.77. The van der Waals surface area contributed by atoms with Gasteiger partial charge in [-0.25, -0.2) is 4.98 Å². The Balaban J connectivity index is 1.46. The zero-order valence-corrected chi connectivity index (χ0v) is 14.5. The number of ether oxygens (including phenoxy) is 1.